The second-order valence-electron chi connectivity index (χ2n) is 5.83. The van der Waals surface area contributed by atoms with Crippen LogP contribution in [0.4, 0.5) is 11.6 Å². The third-order valence-electron chi connectivity index (χ3n) is 4.02. The number of aryl methyl sites for hydroxylation is 1. The number of amides is 1. The van der Waals surface area contributed by atoms with Crippen molar-refractivity contribution >= 4 is 17.5 Å². The number of hydrogen-bond donors (Lipinski definition) is 1. The summed E-state index contributed by atoms with van der Waals surface area (Å²) in [6.07, 6.45) is 2.14. The zero-order valence-corrected chi connectivity index (χ0v) is 13.6. The van der Waals surface area contributed by atoms with E-state index in [2.05, 4.69) is 15.4 Å². The maximum absolute atomic E-state index is 12.6. The van der Waals surface area contributed by atoms with Gasteiger partial charge in [-0.05, 0) is 24.6 Å². The molecule has 2 atom stereocenters. The number of anilines is 2. The molecular weight excluding hydrogens is 294 g/mol. The number of hydrogen-bond acceptors (Lipinski definition) is 5. The van der Waals surface area contributed by atoms with Gasteiger partial charge in [-0.2, -0.15) is 5.10 Å². The van der Waals surface area contributed by atoms with Crippen LogP contribution in [0.25, 0.3) is 0 Å². The van der Waals surface area contributed by atoms with Gasteiger partial charge in [-0.25, -0.2) is 4.98 Å². The van der Waals surface area contributed by atoms with E-state index in [1.807, 2.05) is 44.2 Å². The molecule has 122 valence electrons. The van der Waals surface area contributed by atoms with Crippen LogP contribution >= 0.6 is 0 Å². The summed E-state index contributed by atoms with van der Waals surface area (Å²) in [6, 6.07) is 7.45. The first-order valence-electron chi connectivity index (χ1n) is 7.61. The number of ether oxygens (including phenoxy) is 1. The van der Waals surface area contributed by atoms with Crippen molar-refractivity contribution in [3.05, 3.63) is 36.2 Å². The SMILES string of the molecule is CN(C)c1cccc(NC(=O)[C@@H]2CCO[C@H]2c2ccnn2C)n1. The smallest absolute Gasteiger partial charge is 0.231 e. The molecule has 0 bridgehead atoms. The van der Waals surface area contributed by atoms with E-state index in [-0.39, 0.29) is 17.9 Å². The fourth-order valence-corrected chi connectivity index (χ4v) is 2.77. The maximum Gasteiger partial charge on any atom is 0.231 e. The van der Waals surface area contributed by atoms with Crippen LogP contribution in [-0.4, -0.2) is 41.4 Å². The van der Waals surface area contributed by atoms with Gasteiger partial charge in [0.05, 0.1) is 11.6 Å². The summed E-state index contributed by atoms with van der Waals surface area (Å²) in [6.45, 7) is 0.569. The Morgan fingerprint density at radius 1 is 1.39 bits per heavy atom. The van der Waals surface area contributed by atoms with E-state index in [4.69, 9.17) is 4.74 Å². The summed E-state index contributed by atoms with van der Waals surface area (Å²) in [5.74, 6) is 1.04. The quantitative estimate of drug-likeness (QED) is 0.928. The average molecular weight is 315 g/mol. The Bertz CT molecular complexity index is 697. The van der Waals surface area contributed by atoms with Gasteiger partial charge in [0.1, 0.15) is 17.7 Å². The van der Waals surface area contributed by atoms with Crippen molar-refractivity contribution in [2.24, 2.45) is 13.0 Å². The highest BCUT2D eigenvalue weighted by Crippen LogP contribution is 2.34. The molecule has 7 heteroatoms. The lowest BCUT2D eigenvalue weighted by Gasteiger charge is -2.19. The van der Waals surface area contributed by atoms with Gasteiger partial charge >= 0.3 is 0 Å². The first kappa shape index (κ1) is 15.5. The van der Waals surface area contributed by atoms with E-state index in [1.165, 1.54) is 0 Å². The van der Waals surface area contributed by atoms with Crippen LogP contribution in [-0.2, 0) is 16.6 Å². The molecule has 3 rings (SSSR count). The van der Waals surface area contributed by atoms with Gasteiger partial charge in [-0.1, -0.05) is 6.07 Å². The van der Waals surface area contributed by atoms with Crippen LogP contribution < -0.4 is 10.2 Å². The molecule has 0 aromatic carbocycles. The number of rotatable bonds is 4. The lowest BCUT2D eigenvalue weighted by Crippen LogP contribution is -2.27. The van der Waals surface area contributed by atoms with E-state index in [1.54, 1.807) is 16.9 Å². The molecule has 0 radical (unpaired) electrons. The van der Waals surface area contributed by atoms with Crippen LogP contribution in [0.1, 0.15) is 18.2 Å². The lowest BCUT2D eigenvalue weighted by molar-refractivity contribution is -0.121. The fraction of sp³-hybridized carbons (Fsp3) is 0.438. The molecular formula is C16H21N5O2. The van der Waals surface area contributed by atoms with E-state index < -0.39 is 0 Å². The Balaban J connectivity index is 1.75. The minimum absolute atomic E-state index is 0.0721. The van der Waals surface area contributed by atoms with E-state index >= 15 is 0 Å². The summed E-state index contributed by atoms with van der Waals surface area (Å²) >= 11 is 0. The zero-order valence-electron chi connectivity index (χ0n) is 13.6. The van der Waals surface area contributed by atoms with Crippen LogP contribution in [0.3, 0.4) is 0 Å². The third kappa shape index (κ3) is 3.19. The van der Waals surface area contributed by atoms with Gasteiger partial charge in [0.2, 0.25) is 5.91 Å². The normalized spacial score (nSPS) is 20.5. The monoisotopic (exact) mass is 315 g/mol. The number of nitrogens with one attached hydrogen (secondary N) is 1. The molecule has 1 fully saturated rings. The zero-order chi connectivity index (χ0) is 16.4. The topological polar surface area (TPSA) is 72.3 Å². The van der Waals surface area contributed by atoms with Crippen molar-refractivity contribution in [1.29, 1.82) is 0 Å². The van der Waals surface area contributed by atoms with Crippen LogP contribution in [0.2, 0.25) is 0 Å². The van der Waals surface area contributed by atoms with Crippen molar-refractivity contribution in [3.8, 4) is 0 Å². The Morgan fingerprint density at radius 2 is 2.22 bits per heavy atom. The highest BCUT2D eigenvalue weighted by Gasteiger charge is 2.36. The summed E-state index contributed by atoms with van der Waals surface area (Å²) in [4.78, 5) is 19.0. The second-order valence-corrected chi connectivity index (χ2v) is 5.83. The molecule has 1 amide bonds. The molecule has 1 aliphatic heterocycles. The van der Waals surface area contributed by atoms with Gasteiger partial charge in [0.25, 0.3) is 0 Å². The largest absolute Gasteiger partial charge is 0.371 e. The first-order valence-corrected chi connectivity index (χ1v) is 7.61. The predicted octanol–water partition coefficient (Wildman–Crippen LogP) is 1.60. The Morgan fingerprint density at radius 3 is 2.91 bits per heavy atom. The van der Waals surface area contributed by atoms with Crippen molar-refractivity contribution in [2.45, 2.75) is 12.5 Å². The fourth-order valence-electron chi connectivity index (χ4n) is 2.77. The summed E-state index contributed by atoms with van der Waals surface area (Å²) in [5, 5.41) is 7.06. The van der Waals surface area contributed by atoms with Crippen molar-refractivity contribution in [3.63, 3.8) is 0 Å². The molecule has 1 saturated heterocycles. The molecule has 0 unspecified atom stereocenters. The summed E-state index contributed by atoms with van der Waals surface area (Å²) in [7, 11) is 5.68. The number of aromatic nitrogens is 3. The molecule has 1 N–H and O–H groups in total. The standard InChI is InChI=1S/C16H21N5O2/c1-20(2)14-6-4-5-13(18-14)19-16(22)11-8-10-23-15(11)12-7-9-17-21(12)3/h4-7,9,11,15H,8,10H2,1-3H3,(H,18,19,22)/t11-,15-/m1/s1. The van der Waals surface area contributed by atoms with Crippen molar-refractivity contribution < 1.29 is 9.53 Å². The van der Waals surface area contributed by atoms with Crippen LogP contribution in [0.15, 0.2) is 30.5 Å². The second kappa shape index (κ2) is 6.37. The molecule has 7 nitrogen and oxygen atoms in total. The van der Waals surface area contributed by atoms with Crippen LogP contribution in [0, 0.1) is 5.92 Å². The van der Waals surface area contributed by atoms with Gasteiger partial charge in [0, 0.05) is 33.9 Å². The minimum atomic E-state index is -0.264. The number of nitrogens with zero attached hydrogens (tertiary/aromatic N) is 4. The molecule has 0 saturated carbocycles. The average Bonchev–Trinajstić information content (AvgIpc) is 3.15. The van der Waals surface area contributed by atoms with Crippen molar-refractivity contribution in [1.82, 2.24) is 14.8 Å². The van der Waals surface area contributed by atoms with Crippen LogP contribution in [0.5, 0.6) is 0 Å². The molecule has 0 spiro atoms. The minimum Gasteiger partial charge on any atom is -0.371 e. The Hall–Kier alpha value is -2.41. The lowest BCUT2D eigenvalue weighted by atomic mass is 9.98. The number of carbonyl (C=O) groups excluding carboxylic acids is 1. The summed E-state index contributed by atoms with van der Waals surface area (Å²) < 4.78 is 7.51. The van der Waals surface area contributed by atoms with Gasteiger partial charge in [-0.3, -0.25) is 9.48 Å². The highest BCUT2D eigenvalue weighted by molar-refractivity contribution is 5.92. The molecule has 2 aromatic rings. The van der Waals surface area contributed by atoms with Gasteiger partial charge in [0.15, 0.2) is 0 Å². The van der Waals surface area contributed by atoms with E-state index in [9.17, 15) is 4.79 Å². The third-order valence-corrected chi connectivity index (χ3v) is 4.02. The van der Waals surface area contributed by atoms with Gasteiger partial charge in [-0.15, -0.1) is 0 Å². The summed E-state index contributed by atoms with van der Waals surface area (Å²) in [5.41, 5.74) is 0.914. The molecule has 1 aliphatic rings. The number of carbonyl (C=O) groups is 1. The molecule has 3 heterocycles. The maximum atomic E-state index is 12.6. The molecule has 23 heavy (non-hydrogen) atoms. The Labute approximate surface area is 135 Å². The number of pyridine rings is 1. The van der Waals surface area contributed by atoms with Gasteiger partial charge < -0.3 is 15.0 Å². The van der Waals surface area contributed by atoms with E-state index in [0.29, 0.717) is 18.8 Å². The Kier molecular flexibility index (Phi) is 4.29. The predicted molar refractivity (Wildman–Crippen MR) is 87.2 cm³/mol. The van der Waals surface area contributed by atoms with Crippen molar-refractivity contribution in [2.75, 3.05) is 30.9 Å². The highest BCUT2D eigenvalue weighted by atomic mass is 16.5. The molecule has 0 aliphatic carbocycles. The van der Waals surface area contributed by atoms with E-state index in [0.717, 1.165) is 11.5 Å². The molecule has 2 aromatic heterocycles. The first-order chi connectivity index (χ1) is 11.1.